The number of aliphatic carboxylic acids is 1. The van der Waals surface area contributed by atoms with Crippen LogP contribution in [-0.4, -0.2) is 35.0 Å². The fourth-order valence-electron chi connectivity index (χ4n) is 1.62. The smallest absolute Gasteiger partial charge is 0.308 e. The topological polar surface area (TPSA) is 57.6 Å². The molecule has 1 amide bonds. The van der Waals surface area contributed by atoms with E-state index in [1.54, 1.807) is 6.92 Å². The molecule has 104 valence electrons. The first kappa shape index (κ1) is 15.4. The Labute approximate surface area is 115 Å². The van der Waals surface area contributed by atoms with Crippen LogP contribution < -0.4 is 0 Å². The lowest BCUT2D eigenvalue weighted by molar-refractivity contribution is -0.141. The molecule has 0 aromatic heterocycles. The molecular weight excluding hydrogens is 273 g/mol. The lowest BCUT2D eigenvalue weighted by Crippen LogP contribution is -2.37. The molecule has 1 atom stereocenters. The first-order valence-corrected chi connectivity index (χ1v) is 6.22. The van der Waals surface area contributed by atoms with E-state index in [1.807, 2.05) is 0 Å². The Morgan fingerprint density at radius 1 is 1.47 bits per heavy atom. The number of nitrogens with zero attached hydrogens (tertiary/aromatic N) is 1. The van der Waals surface area contributed by atoms with Crippen molar-refractivity contribution in [3.05, 3.63) is 34.6 Å². The van der Waals surface area contributed by atoms with Gasteiger partial charge in [0.1, 0.15) is 5.82 Å². The van der Waals surface area contributed by atoms with Crippen LogP contribution in [0.4, 0.5) is 4.39 Å². The quantitative estimate of drug-likeness (QED) is 0.906. The van der Waals surface area contributed by atoms with Crippen LogP contribution >= 0.6 is 11.6 Å². The van der Waals surface area contributed by atoms with Gasteiger partial charge < -0.3 is 10.0 Å². The number of hydrogen-bond donors (Lipinski definition) is 1. The SMILES string of the molecule is CCN(CC(C)C(=O)O)C(=O)c1c(F)cccc1Cl. The maximum Gasteiger partial charge on any atom is 0.308 e. The average Bonchev–Trinajstić information content (AvgIpc) is 2.34. The standard InChI is InChI=1S/C13H15ClFNO3/c1-3-16(7-8(2)13(18)19)12(17)11-9(14)5-4-6-10(11)15/h4-6,8H,3,7H2,1-2H3,(H,18,19). The summed E-state index contributed by atoms with van der Waals surface area (Å²) in [5, 5.41) is 8.87. The molecule has 0 heterocycles. The van der Waals surface area contributed by atoms with Gasteiger partial charge in [0.15, 0.2) is 0 Å². The Morgan fingerprint density at radius 3 is 2.58 bits per heavy atom. The number of rotatable bonds is 5. The minimum atomic E-state index is -1.01. The molecule has 0 radical (unpaired) electrons. The second kappa shape index (κ2) is 6.52. The van der Waals surface area contributed by atoms with Gasteiger partial charge in [0.05, 0.1) is 16.5 Å². The highest BCUT2D eigenvalue weighted by Crippen LogP contribution is 2.21. The number of carboxylic acids is 1. The number of amides is 1. The molecule has 0 aliphatic rings. The monoisotopic (exact) mass is 287 g/mol. The van der Waals surface area contributed by atoms with E-state index in [2.05, 4.69) is 0 Å². The summed E-state index contributed by atoms with van der Waals surface area (Å²) in [5.41, 5.74) is -0.219. The Kier molecular flexibility index (Phi) is 5.30. The average molecular weight is 288 g/mol. The molecule has 4 nitrogen and oxygen atoms in total. The molecule has 0 bridgehead atoms. The number of carboxylic acid groups (broad SMARTS) is 1. The number of hydrogen-bond acceptors (Lipinski definition) is 2. The second-order valence-corrected chi connectivity index (χ2v) is 4.59. The van der Waals surface area contributed by atoms with Crippen LogP contribution in [-0.2, 0) is 4.79 Å². The van der Waals surface area contributed by atoms with Crippen LogP contribution in [0.15, 0.2) is 18.2 Å². The van der Waals surface area contributed by atoms with Gasteiger partial charge in [-0.2, -0.15) is 0 Å². The van der Waals surface area contributed by atoms with E-state index < -0.39 is 23.6 Å². The Balaban J connectivity index is 2.99. The summed E-state index contributed by atoms with van der Waals surface area (Å²) in [7, 11) is 0. The van der Waals surface area contributed by atoms with Gasteiger partial charge >= 0.3 is 5.97 Å². The maximum absolute atomic E-state index is 13.6. The molecule has 1 rings (SSSR count). The van der Waals surface area contributed by atoms with E-state index in [0.29, 0.717) is 0 Å². The molecule has 1 N–H and O–H groups in total. The van der Waals surface area contributed by atoms with E-state index >= 15 is 0 Å². The predicted octanol–water partition coefficient (Wildman–Crippen LogP) is 2.66. The van der Waals surface area contributed by atoms with Crippen molar-refractivity contribution in [2.45, 2.75) is 13.8 Å². The summed E-state index contributed by atoms with van der Waals surface area (Å²) < 4.78 is 13.6. The molecule has 0 aliphatic heterocycles. The van der Waals surface area contributed by atoms with E-state index in [-0.39, 0.29) is 23.7 Å². The van der Waals surface area contributed by atoms with Crippen LogP contribution in [0.1, 0.15) is 24.2 Å². The molecular formula is C13H15ClFNO3. The van der Waals surface area contributed by atoms with E-state index in [0.717, 1.165) is 6.07 Å². The van der Waals surface area contributed by atoms with Gasteiger partial charge in [-0.1, -0.05) is 24.6 Å². The van der Waals surface area contributed by atoms with Gasteiger partial charge in [-0.25, -0.2) is 4.39 Å². The van der Waals surface area contributed by atoms with Gasteiger partial charge in [0.2, 0.25) is 0 Å². The number of halogens is 2. The minimum absolute atomic E-state index is 0.00926. The van der Waals surface area contributed by atoms with Crippen LogP contribution in [0.3, 0.4) is 0 Å². The highest BCUT2D eigenvalue weighted by molar-refractivity contribution is 6.33. The maximum atomic E-state index is 13.6. The summed E-state index contributed by atoms with van der Waals surface area (Å²) in [6, 6.07) is 3.98. The van der Waals surface area contributed by atoms with Crippen LogP contribution in [0.5, 0.6) is 0 Å². The number of benzene rings is 1. The lowest BCUT2D eigenvalue weighted by Gasteiger charge is -2.23. The van der Waals surface area contributed by atoms with Gasteiger partial charge in [-0.05, 0) is 19.1 Å². The summed E-state index contributed by atoms with van der Waals surface area (Å²) in [6.45, 7) is 3.47. The van der Waals surface area contributed by atoms with Gasteiger partial charge in [0, 0.05) is 13.1 Å². The first-order chi connectivity index (χ1) is 8.88. The molecule has 0 saturated carbocycles. The van der Waals surface area contributed by atoms with Crippen LogP contribution in [0.25, 0.3) is 0 Å². The van der Waals surface area contributed by atoms with E-state index in [1.165, 1.54) is 24.0 Å². The van der Waals surface area contributed by atoms with Crippen molar-refractivity contribution < 1.29 is 19.1 Å². The van der Waals surface area contributed by atoms with E-state index in [4.69, 9.17) is 16.7 Å². The van der Waals surface area contributed by atoms with Crippen molar-refractivity contribution >= 4 is 23.5 Å². The van der Waals surface area contributed by atoms with Gasteiger partial charge in [-0.15, -0.1) is 0 Å². The molecule has 19 heavy (non-hydrogen) atoms. The zero-order valence-corrected chi connectivity index (χ0v) is 11.4. The second-order valence-electron chi connectivity index (χ2n) is 4.18. The molecule has 0 saturated heterocycles. The molecule has 6 heteroatoms. The lowest BCUT2D eigenvalue weighted by atomic mass is 10.1. The Morgan fingerprint density at radius 2 is 2.11 bits per heavy atom. The first-order valence-electron chi connectivity index (χ1n) is 5.84. The highest BCUT2D eigenvalue weighted by atomic mass is 35.5. The number of carbonyl (C=O) groups is 2. The predicted molar refractivity (Wildman–Crippen MR) is 69.8 cm³/mol. The summed E-state index contributed by atoms with van der Waals surface area (Å²) in [4.78, 5) is 24.3. The van der Waals surface area contributed by atoms with E-state index in [9.17, 15) is 14.0 Å². The largest absolute Gasteiger partial charge is 0.481 e. The fourth-order valence-corrected chi connectivity index (χ4v) is 1.87. The van der Waals surface area contributed by atoms with Crippen molar-refractivity contribution in [1.82, 2.24) is 4.90 Å². The van der Waals surface area contributed by atoms with Crippen molar-refractivity contribution in [3.63, 3.8) is 0 Å². The third-order valence-corrected chi connectivity index (χ3v) is 3.08. The third kappa shape index (κ3) is 3.67. The Bertz CT molecular complexity index is 473. The molecule has 1 aromatic carbocycles. The fraction of sp³-hybridized carbons (Fsp3) is 0.385. The number of carbonyl (C=O) groups excluding carboxylic acids is 1. The summed E-state index contributed by atoms with van der Waals surface area (Å²) in [5.74, 6) is -3.04. The zero-order chi connectivity index (χ0) is 14.6. The van der Waals surface area contributed by atoms with Crippen LogP contribution in [0, 0.1) is 11.7 Å². The molecule has 0 spiro atoms. The summed E-state index contributed by atoms with van der Waals surface area (Å²) >= 11 is 5.82. The van der Waals surface area contributed by atoms with Gasteiger partial charge in [0.25, 0.3) is 5.91 Å². The third-order valence-electron chi connectivity index (χ3n) is 2.76. The van der Waals surface area contributed by atoms with Crippen molar-refractivity contribution in [2.24, 2.45) is 5.92 Å². The minimum Gasteiger partial charge on any atom is -0.481 e. The molecule has 1 unspecified atom stereocenters. The Hall–Kier alpha value is -1.62. The molecule has 0 aliphatic carbocycles. The van der Waals surface area contributed by atoms with Crippen LogP contribution in [0.2, 0.25) is 5.02 Å². The molecule has 1 aromatic rings. The van der Waals surface area contributed by atoms with Crippen molar-refractivity contribution in [3.8, 4) is 0 Å². The summed E-state index contributed by atoms with van der Waals surface area (Å²) in [6.07, 6.45) is 0. The molecule has 0 fully saturated rings. The van der Waals surface area contributed by atoms with Crippen molar-refractivity contribution in [2.75, 3.05) is 13.1 Å². The highest BCUT2D eigenvalue weighted by Gasteiger charge is 2.24. The van der Waals surface area contributed by atoms with Gasteiger partial charge in [-0.3, -0.25) is 9.59 Å². The van der Waals surface area contributed by atoms with Crippen molar-refractivity contribution in [1.29, 1.82) is 0 Å². The normalized spacial score (nSPS) is 12.0. The zero-order valence-electron chi connectivity index (χ0n) is 10.7.